The first-order valence-corrected chi connectivity index (χ1v) is 9.87. The molecule has 0 bridgehead atoms. The highest BCUT2D eigenvalue weighted by molar-refractivity contribution is 5.94. The van der Waals surface area contributed by atoms with Crippen LogP contribution in [0.2, 0.25) is 0 Å². The summed E-state index contributed by atoms with van der Waals surface area (Å²) < 4.78 is 1.95. The number of rotatable bonds is 5. The predicted molar refractivity (Wildman–Crippen MR) is 111 cm³/mol. The first-order chi connectivity index (χ1) is 13.7. The van der Waals surface area contributed by atoms with Crippen LogP contribution in [0.1, 0.15) is 58.8 Å². The number of carbonyl (C=O) groups is 1. The van der Waals surface area contributed by atoms with Gasteiger partial charge in [0, 0.05) is 23.6 Å². The van der Waals surface area contributed by atoms with Crippen LogP contribution in [0.4, 0.5) is 0 Å². The smallest absolute Gasteiger partial charge is 0.251 e. The van der Waals surface area contributed by atoms with Crippen molar-refractivity contribution in [2.45, 2.75) is 38.1 Å². The second-order valence-electron chi connectivity index (χ2n) is 7.50. The van der Waals surface area contributed by atoms with Crippen LogP contribution in [0, 0.1) is 0 Å². The molecular weight excluding hydrogens is 348 g/mol. The van der Waals surface area contributed by atoms with Crippen LogP contribution >= 0.6 is 0 Å². The van der Waals surface area contributed by atoms with Crippen molar-refractivity contribution in [3.8, 4) is 5.69 Å². The van der Waals surface area contributed by atoms with Gasteiger partial charge < -0.3 is 15.6 Å². The average Bonchev–Trinajstić information content (AvgIpc) is 3.28. The highest BCUT2D eigenvalue weighted by Gasteiger charge is 2.21. The van der Waals surface area contributed by atoms with Crippen molar-refractivity contribution in [3.63, 3.8) is 0 Å². The van der Waals surface area contributed by atoms with Crippen molar-refractivity contribution >= 4 is 5.91 Å². The number of hydrogen-bond acceptors (Lipinski definition) is 3. The Labute approximate surface area is 165 Å². The maximum absolute atomic E-state index is 12.9. The Morgan fingerprint density at radius 1 is 1.32 bits per heavy atom. The van der Waals surface area contributed by atoms with Gasteiger partial charge in [0.25, 0.3) is 5.91 Å². The summed E-state index contributed by atoms with van der Waals surface area (Å²) in [7, 11) is 0. The quantitative estimate of drug-likeness (QED) is 0.714. The van der Waals surface area contributed by atoms with Crippen LogP contribution in [-0.2, 0) is 6.42 Å². The number of nitrogens with zero attached hydrogens (tertiary/aromatic N) is 2. The monoisotopic (exact) mass is 374 g/mol. The molecule has 0 saturated heterocycles. The lowest BCUT2D eigenvalue weighted by Crippen LogP contribution is -2.27. The van der Waals surface area contributed by atoms with Gasteiger partial charge >= 0.3 is 0 Å². The van der Waals surface area contributed by atoms with Gasteiger partial charge in [-0.15, -0.1) is 0 Å². The predicted octanol–water partition coefficient (Wildman–Crippen LogP) is 3.74. The van der Waals surface area contributed by atoms with Crippen molar-refractivity contribution in [1.82, 2.24) is 14.9 Å². The van der Waals surface area contributed by atoms with Gasteiger partial charge in [-0.2, -0.15) is 0 Å². The van der Waals surface area contributed by atoms with Crippen LogP contribution in [-0.4, -0.2) is 22.0 Å². The lowest BCUT2D eigenvalue weighted by molar-refractivity contribution is 0.0939. The maximum atomic E-state index is 12.9. The minimum atomic E-state index is -0.0997. The third-order valence-electron chi connectivity index (χ3n) is 5.65. The van der Waals surface area contributed by atoms with Crippen molar-refractivity contribution < 1.29 is 4.79 Å². The maximum Gasteiger partial charge on any atom is 0.251 e. The van der Waals surface area contributed by atoms with E-state index in [4.69, 9.17) is 5.73 Å². The fraction of sp³-hybridized carbons (Fsp3) is 0.304. The molecule has 4 rings (SSSR count). The van der Waals surface area contributed by atoms with E-state index in [0.717, 1.165) is 24.1 Å². The molecule has 1 heterocycles. The SMILES string of the molecule is CC(NC(=O)c1ccc2c(c1)C(CN)CCC2)c1cccc(-n2ccnc2)c1. The van der Waals surface area contributed by atoms with Gasteiger partial charge in [0.1, 0.15) is 0 Å². The van der Waals surface area contributed by atoms with E-state index in [1.807, 2.05) is 48.0 Å². The van der Waals surface area contributed by atoms with Crippen LogP contribution < -0.4 is 11.1 Å². The molecule has 1 aliphatic rings. The number of hydrogen-bond donors (Lipinski definition) is 2. The highest BCUT2D eigenvalue weighted by atomic mass is 16.1. The van der Waals surface area contributed by atoms with E-state index in [-0.39, 0.29) is 11.9 Å². The van der Waals surface area contributed by atoms with E-state index in [1.54, 1.807) is 12.5 Å². The number of amides is 1. The number of carbonyl (C=O) groups excluding carboxylic acids is 1. The van der Waals surface area contributed by atoms with E-state index < -0.39 is 0 Å². The van der Waals surface area contributed by atoms with Gasteiger partial charge in [-0.1, -0.05) is 18.2 Å². The van der Waals surface area contributed by atoms with Gasteiger partial charge in [0.2, 0.25) is 0 Å². The van der Waals surface area contributed by atoms with Crippen LogP contribution in [0.25, 0.3) is 5.69 Å². The van der Waals surface area contributed by atoms with Crippen LogP contribution in [0.5, 0.6) is 0 Å². The molecule has 0 fully saturated rings. The first-order valence-electron chi connectivity index (χ1n) is 9.87. The third-order valence-corrected chi connectivity index (χ3v) is 5.65. The minimum absolute atomic E-state index is 0.0512. The van der Waals surface area contributed by atoms with Gasteiger partial charge in [0.05, 0.1) is 12.4 Å². The molecule has 5 nitrogen and oxygen atoms in total. The number of aryl methyl sites for hydroxylation is 1. The fourth-order valence-corrected chi connectivity index (χ4v) is 4.01. The Kier molecular flexibility index (Phi) is 5.26. The Hall–Kier alpha value is -2.92. The number of aromatic nitrogens is 2. The number of nitrogens with two attached hydrogens (primary N) is 1. The summed E-state index contributed by atoms with van der Waals surface area (Å²) in [5.74, 6) is 0.311. The molecule has 0 aliphatic heterocycles. The molecule has 3 aromatic rings. The molecule has 28 heavy (non-hydrogen) atoms. The Bertz CT molecular complexity index is 964. The van der Waals surface area contributed by atoms with E-state index in [2.05, 4.69) is 22.4 Å². The van der Waals surface area contributed by atoms with Gasteiger partial charge in [0.15, 0.2) is 0 Å². The van der Waals surface area contributed by atoms with Crippen molar-refractivity contribution in [3.05, 3.63) is 83.4 Å². The molecule has 3 N–H and O–H groups in total. The molecule has 1 aromatic heterocycles. The summed E-state index contributed by atoms with van der Waals surface area (Å²) in [5.41, 5.74) is 11.3. The van der Waals surface area contributed by atoms with Gasteiger partial charge in [-0.25, -0.2) is 4.98 Å². The third kappa shape index (κ3) is 3.71. The lowest BCUT2D eigenvalue weighted by atomic mass is 9.82. The second kappa shape index (κ2) is 7.98. The molecule has 0 saturated carbocycles. The summed E-state index contributed by atoms with van der Waals surface area (Å²) in [5, 5.41) is 3.13. The van der Waals surface area contributed by atoms with Crippen LogP contribution in [0.15, 0.2) is 61.2 Å². The number of nitrogens with one attached hydrogen (secondary N) is 1. The highest BCUT2D eigenvalue weighted by Crippen LogP contribution is 2.31. The van der Waals surface area contributed by atoms with Crippen LogP contribution in [0.3, 0.4) is 0 Å². The Balaban J connectivity index is 1.52. The van der Waals surface area contributed by atoms with Crippen molar-refractivity contribution in [1.29, 1.82) is 0 Å². The summed E-state index contributed by atoms with van der Waals surface area (Å²) in [4.78, 5) is 17.0. The number of fused-ring (bicyclic) bond motifs is 1. The number of imidazole rings is 1. The molecule has 144 valence electrons. The van der Waals surface area contributed by atoms with Gasteiger partial charge in [-0.3, -0.25) is 4.79 Å². The molecule has 0 radical (unpaired) electrons. The largest absolute Gasteiger partial charge is 0.346 e. The second-order valence-corrected chi connectivity index (χ2v) is 7.50. The summed E-state index contributed by atoms with van der Waals surface area (Å²) in [6.45, 7) is 2.64. The zero-order valence-corrected chi connectivity index (χ0v) is 16.1. The molecular formula is C23H26N4O. The van der Waals surface area contributed by atoms with Crippen molar-refractivity contribution in [2.24, 2.45) is 5.73 Å². The molecule has 2 aromatic carbocycles. The molecule has 2 unspecified atom stereocenters. The molecule has 2 atom stereocenters. The topological polar surface area (TPSA) is 72.9 Å². The summed E-state index contributed by atoms with van der Waals surface area (Å²) in [6, 6.07) is 14.1. The zero-order chi connectivity index (χ0) is 19.5. The van der Waals surface area contributed by atoms with E-state index >= 15 is 0 Å². The Morgan fingerprint density at radius 2 is 2.21 bits per heavy atom. The van der Waals surface area contributed by atoms with E-state index in [1.165, 1.54) is 17.5 Å². The molecule has 1 aliphatic carbocycles. The molecule has 0 spiro atoms. The standard InChI is InChI=1S/C23H26N4O/c1-16(18-5-3-7-21(12-18)27-11-10-25-15-27)26-23(28)19-9-8-17-4-2-6-20(14-24)22(17)13-19/h3,5,7-13,15-16,20H,2,4,6,14,24H2,1H3,(H,26,28). The zero-order valence-electron chi connectivity index (χ0n) is 16.1. The van der Waals surface area contributed by atoms with Crippen molar-refractivity contribution in [2.75, 3.05) is 6.54 Å². The normalized spacial score (nSPS) is 17.0. The summed E-state index contributed by atoms with van der Waals surface area (Å²) >= 11 is 0. The minimum Gasteiger partial charge on any atom is -0.346 e. The average molecular weight is 374 g/mol. The first kappa shape index (κ1) is 18.4. The van der Waals surface area contributed by atoms with Gasteiger partial charge in [-0.05, 0) is 79.6 Å². The Morgan fingerprint density at radius 3 is 3.00 bits per heavy atom. The molecule has 1 amide bonds. The fourth-order valence-electron chi connectivity index (χ4n) is 4.01. The number of benzene rings is 2. The van der Waals surface area contributed by atoms with E-state index in [9.17, 15) is 4.79 Å². The molecule has 5 heteroatoms. The summed E-state index contributed by atoms with van der Waals surface area (Å²) in [6.07, 6.45) is 8.77. The lowest BCUT2D eigenvalue weighted by Gasteiger charge is -2.25. The van der Waals surface area contributed by atoms with E-state index in [0.29, 0.717) is 18.0 Å².